The first-order chi connectivity index (χ1) is 7.45. The molecular weight excluding hydrogens is 331 g/mol. The lowest BCUT2D eigenvalue weighted by Gasteiger charge is -2.19. The molecule has 1 aromatic rings. The SMILES string of the molecule is CNC(=O)Oc1cc(C)c(N(C)C)c(C)c1.I. The third kappa shape index (κ3) is 4.07. The number of aryl methyl sites for hydroxylation is 2. The predicted octanol–water partition coefficient (Wildman–Crippen LogP) is 2.71. The van der Waals surface area contributed by atoms with Crippen molar-refractivity contribution in [2.45, 2.75) is 13.8 Å². The van der Waals surface area contributed by atoms with Crippen LogP contribution in [0.5, 0.6) is 5.75 Å². The van der Waals surface area contributed by atoms with Gasteiger partial charge in [0.15, 0.2) is 0 Å². The van der Waals surface area contributed by atoms with Gasteiger partial charge in [-0.2, -0.15) is 0 Å². The van der Waals surface area contributed by atoms with E-state index in [1.165, 1.54) is 7.05 Å². The predicted molar refractivity (Wildman–Crippen MR) is 80.7 cm³/mol. The van der Waals surface area contributed by atoms with Gasteiger partial charge in [0.25, 0.3) is 0 Å². The molecule has 0 spiro atoms. The number of anilines is 1. The van der Waals surface area contributed by atoms with E-state index < -0.39 is 6.09 Å². The van der Waals surface area contributed by atoms with Crippen LogP contribution in [0.3, 0.4) is 0 Å². The summed E-state index contributed by atoms with van der Waals surface area (Å²) in [6.45, 7) is 4.00. The molecule has 96 valence electrons. The highest BCUT2D eigenvalue weighted by Gasteiger charge is 2.09. The van der Waals surface area contributed by atoms with Gasteiger partial charge in [0.1, 0.15) is 5.75 Å². The number of nitrogens with one attached hydrogen (secondary N) is 1. The molecule has 0 aliphatic carbocycles. The van der Waals surface area contributed by atoms with E-state index in [9.17, 15) is 4.79 Å². The summed E-state index contributed by atoms with van der Waals surface area (Å²) in [5, 5.41) is 2.42. The molecule has 0 aromatic heterocycles. The number of halogens is 1. The van der Waals surface area contributed by atoms with E-state index in [1.807, 2.05) is 45.0 Å². The summed E-state index contributed by atoms with van der Waals surface area (Å²) < 4.78 is 5.09. The van der Waals surface area contributed by atoms with Crippen molar-refractivity contribution in [1.82, 2.24) is 5.32 Å². The Morgan fingerprint density at radius 1 is 1.24 bits per heavy atom. The molecule has 0 atom stereocenters. The zero-order chi connectivity index (χ0) is 12.3. The average molecular weight is 350 g/mol. The van der Waals surface area contributed by atoms with Crippen molar-refractivity contribution in [2.75, 3.05) is 26.0 Å². The molecule has 5 heteroatoms. The van der Waals surface area contributed by atoms with Gasteiger partial charge in [0, 0.05) is 26.8 Å². The Balaban J connectivity index is 0.00000256. The molecule has 0 aliphatic rings. The van der Waals surface area contributed by atoms with Crippen LogP contribution in [0.15, 0.2) is 12.1 Å². The third-order valence-electron chi connectivity index (χ3n) is 2.33. The summed E-state index contributed by atoms with van der Waals surface area (Å²) in [4.78, 5) is 13.1. The summed E-state index contributed by atoms with van der Waals surface area (Å²) in [6.07, 6.45) is -0.448. The number of nitrogens with zero attached hydrogens (tertiary/aromatic N) is 1. The molecule has 0 radical (unpaired) electrons. The van der Waals surface area contributed by atoms with E-state index in [0.29, 0.717) is 5.75 Å². The smallest absolute Gasteiger partial charge is 0.410 e. The number of carbonyl (C=O) groups is 1. The van der Waals surface area contributed by atoms with Crippen LogP contribution in [0, 0.1) is 13.8 Å². The Morgan fingerprint density at radius 2 is 1.71 bits per heavy atom. The largest absolute Gasteiger partial charge is 0.412 e. The minimum absolute atomic E-state index is 0. The van der Waals surface area contributed by atoms with Gasteiger partial charge in [0.2, 0.25) is 0 Å². The summed E-state index contributed by atoms with van der Waals surface area (Å²) in [5.74, 6) is 0.569. The minimum Gasteiger partial charge on any atom is -0.410 e. The topological polar surface area (TPSA) is 41.6 Å². The lowest BCUT2D eigenvalue weighted by atomic mass is 10.1. The molecule has 1 amide bonds. The summed E-state index contributed by atoms with van der Waals surface area (Å²) >= 11 is 0. The minimum atomic E-state index is -0.448. The first-order valence-electron chi connectivity index (χ1n) is 5.14. The van der Waals surface area contributed by atoms with Gasteiger partial charge >= 0.3 is 6.09 Å². The van der Waals surface area contributed by atoms with Gasteiger partial charge in [-0.15, -0.1) is 24.0 Å². The van der Waals surface area contributed by atoms with Crippen LogP contribution >= 0.6 is 24.0 Å². The molecule has 0 fully saturated rings. The molecule has 4 nitrogen and oxygen atoms in total. The number of amides is 1. The molecular formula is C12H19IN2O2. The Morgan fingerprint density at radius 3 is 2.06 bits per heavy atom. The van der Waals surface area contributed by atoms with E-state index in [0.717, 1.165) is 16.8 Å². The lowest BCUT2D eigenvalue weighted by molar-refractivity contribution is 0.203. The number of hydrogen-bond donors (Lipinski definition) is 1. The number of hydrogen-bond acceptors (Lipinski definition) is 3. The summed E-state index contributed by atoms with van der Waals surface area (Å²) in [7, 11) is 5.53. The van der Waals surface area contributed by atoms with E-state index in [4.69, 9.17) is 4.74 Å². The van der Waals surface area contributed by atoms with E-state index >= 15 is 0 Å². The highest BCUT2D eigenvalue weighted by Crippen LogP contribution is 2.28. The fourth-order valence-electron chi connectivity index (χ4n) is 1.84. The number of rotatable bonds is 2. The molecule has 0 heterocycles. The van der Waals surface area contributed by atoms with Crippen LogP contribution < -0.4 is 15.0 Å². The van der Waals surface area contributed by atoms with Gasteiger partial charge in [0.05, 0.1) is 0 Å². The number of ether oxygens (including phenoxy) is 1. The standard InChI is InChI=1S/C12H18N2O2.HI/c1-8-6-10(16-12(15)13-3)7-9(2)11(8)14(4)5;/h6-7H,1-5H3,(H,13,15);1H. The lowest BCUT2D eigenvalue weighted by Crippen LogP contribution is -2.22. The molecule has 0 bridgehead atoms. The molecule has 0 saturated carbocycles. The second-order valence-corrected chi connectivity index (χ2v) is 3.94. The van der Waals surface area contributed by atoms with Gasteiger partial charge in [-0.25, -0.2) is 4.79 Å². The van der Waals surface area contributed by atoms with Crippen LogP contribution in [0.25, 0.3) is 0 Å². The first-order valence-corrected chi connectivity index (χ1v) is 5.14. The van der Waals surface area contributed by atoms with Crippen molar-refractivity contribution in [3.63, 3.8) is 0 Å². The van der Waals surface area contributed by atoms with Crippen molar-refractivity contribution in [3.8, 4) is 5.75 Å². The Kier molecular flexibility index (Phi) is 6.30. The van der Waals surface area contributed by atoms with Crippen molar-refractivity contribution >= 4 is 35.8 Å². The van der Waals surface area contributed by atoms with Crippen LogP contribution in [-0.4, -0.2) is 27.2 Å². The normalized spacial score (nSPS) is 9.24. The highest BCUT2D eigenvalue weighted by atomic mass is 127. The summed E-state index contributed by atoms with van der Waals surface area (Å²) in [6, 6.07) is 3.72. The number of benzene rings is 1. The second kappa shape index (κ2) is 6.68. The maximum Gasteiger partial charge on any atom is 0.412 e. The molecule has 1 rings (SSSR count). The molecule has 1 aromatic carbocycles. The van der Waals surface area contributed by atoms with Gasteiger partial charge in [-0.1, -0.05) is 0 Å². The fourth-order valence-corrected chi connectivity index (χ4v) is 1.84. The molecule has 0 saturated heterocycles. The van der Waals surface area contributed by atoms with Crippen LogP contribution in [0.2, 0.25) is 0 Å². The first kappa shape index (κ1) is 16.0. The summed E-state index contributed by atoms with van der Waals surface area (Å²) in [5.41, 5.74) is 3.33. The van der Waals surface area contributed by atoms with Crippen molar-refractivity contribution in [3.05, 3.63) is 23.3 Å². The van der Waals surface area contributed by atoms with Crippen LogP contribution in [0.4, 0.5) is 10.5 Å². The zero-order valence-electron chi connectivity index (χ0n) is 10.8. The fraction of sp³-hybridized carbons (Fsp3) is 0.417. The third-order valence-corrected chi connectivity index (χ3v) is 2.33. The second-order valence-electron chi connectivity index (χ2n) is 3.94. The van der Waals surface area contributed by atoms with Crippen LogP contribution in [-0.2, 0) is 0 Å². The van der Waals surface area contributed by atoms with E-state index in [2.05, 4.69) is 5.32 Å². The Hall–Kier alpha value is -0.980. The maximum absolute atomic E-state index is 11.1. The maximum atomic E-state index is 11.1. The van der Waals surface area contributed by atoms with E-state index in [1.54, 1.807) is 0 Å². The zero-order valence-corrected chi connectivity index (χ0v) is 13.2. The van der Waals surface area contributed by atoms with Crippen molar-refractivity contribution in [2.24, 2.45) is 0 Å². The Labute approximate surface area is 119 Å². The molecule has 1 N–H and O–H groups in total. The Bertz CT molecular complexity index is 382. The quantitative estimate of drug-likeness (QED) is 0.834. The average Bonchev–Trinajstić information content (AvgIpc) is 2.15. The van der Waals surface area contributed by atoms with E-state index in [-0.39, 0.29) is 24.0 Å². The van der Waals surface area contributed by atoms with Crippen molar-refractivity contribution < 1.29 is 9.53 Å². The van der Waals surface area contributed by atoms with Gasteiger partial charge in [-0.3, -0.25) is 0 Å². The molecule has 0 aliphatic heterocycles. The van der Waals surface area contributed by atoms with Gasteiger partial charge in [-0.05, 0) is 37.1 Å². The number of carbonyl (C=O) groups excluding carboxylic acids is 1. The molecule has 17 heavy (non-hydrogen) atoms. The van der Waals surface area contributed by atoms with Crippen LogP contribution in [0.1, 0.15) is 11.1 Å². The van der Waals surface area contributed by atoms with Crippen molar-refractivity contribution in [1.29, 1.82) is 0 Å². The molecule has 0 unspecified atom stereocenters. The van der Waals surface area contributed by atoms with Gasteiger partial charge < -0.3 is 15.0 Å². The highest BCUT2D eigenvalue weighted by molar-refractivity contribution is 14.0. The monoisotopic (exact) mass is 350 g/mol.